The summed E-state index contributed by atoms with van der Waals surface area (Å²) in [7, 11) is -3.86. The minimum absolute atomic E-state index is 0.000746. The Kier molecular flexibility index (Phi) is 13.0. The van der Waals surface area contributed by atoms with Gasteiger partial charge in [-0.1, -0.05) is 77.8 Å². The molecular formula is C52H46Cl2N12O4S. The van der Waals surface area contributed by atoms with Crippen molar-refractivity contribution in [2.75, 3.05) is 48.3 Å². The van der Waals surface area contributed by atoms with Gasteiger partial charge in [-0.15, -0.1) is 0 Å². The monoisotopic (exact) mass is 1000 g/mol. The highest BCUT2D eigenvalue weighted by Crippen LogP contribution is 2.37. The van der Waals surface area contributed by atoms with E-state index in [1.807, 2.05) is 47.5 Å². The van der Waals surface area contributed by atoms with E-state index in [2.05, 4.69) is 35.6 Å². The van der Waals surface area contributed by atoms with Crippen molar-refractivity contribution in [3.05, 3.63) is 173 Å². The number of para-hydroxylation sites is 2. The number of hydrogen-bond donors (Lipinski definition) is 5. The lowest BCUT2D eigenvalue weighted by atomic mass is 10.1. The normalized spacial score (nSPS) is 15.7. The number of nitrogens with one attached hydrogen (secondary N) is 3. The molecule has 0 saturated carbocycles. The second-order valence-electron chi connectivity index (χ2n) is 17.2. The summed E-state index contributed by atoms with van der Waals surface area (Å²) >= 11 is 13.0. The van der Waals surface area contributed by atoms with Crippen molar-refractivity contribution >= 4 is 90.1 Å². The lowest BCUT2D eigenvalue weighted by Gasteiger charge is -2.17. The lowest BCUT2D eigenvalue weighted by molar-refractivity contribution is 0.0784. The van der Waals surface area contributed by atoms with Crippen molar-refractivity contribution in [1.29, 1.82) is 0 Å². The summed E-state index contributed by atoms with van der Waals surface area (Å²) < 4.78 is 28.3. The fourth-order valence-corrected chi connectivity index (χ4v) is 10.6. The Morgan fingerprint density at radius 3 is 1.68 bits per heavy atom. The molecule has 19 heteroatoms. The van der Waals surface area contributed by atoms with E-state index in [0.717, 1.165) is 29.3 Å². The Morgan fingerprint density at radius 2 is 1.11 bits per heavy atom. The summed E-state index contributed by atoms with van der Waals surface area (Å²) in [6.07, 6.45) is 8.10. The number of aromatic amines is 1. The fraction of sp³-hybridized carbons (Fsp3) is 0.154. The van der Waals surface area contributed by atoms with E-state index < -0.39 is 10.0 Å². The first-order valence-electron chi connectivity index (χ1n) is 22.7. The number of aromatic nitrogens is 6. The molecule has 0 unspecified atom stereocenters. The Balaban J connectivity index is 0.000000169. The number of likely N-dealkylation sites (tertiary alicyclic amines) is 2. The van der Waals surface area contributed by atoms with Gasteiger partial charge in [-0.25, -0.2) is 32.3 Å². The van der Waals surface area contributed by atoms with Crippen LogP contribution in [0.25, 0.3) is 44.3 Å². The zero-order valence-electron chi connectivity index (χ0n) is 37.9. The number of nitrogens with two attached hydrogens (primary N) is 2. The van der Waals surface area contributed by atoms with Crippen molar-refractivity contribution in [2.45, 2.75) is 29.8 Å². The molecular weight excluding hydrogens is 960 g/mol. The number of nitrogen functional groups attached to an aromatic ring is 2. The Morgan fingerprint density at radius 1 is 0.620 bits per heavy atom. The van der Waals surface area contributed by atoms with E-state index in [4.69, 9.17) is 34.7 Å². The van der Waals surface area contributed by atoms with Gasteiger partial charge in [0.25, 0.3) is 21.8 Å². The summed E-state index contributed by atoms with van der Waals surface area (Å²) in [5, 5.41) is 9.19. The second kappa shape index (κ2) is 19.8. The van der Waals surface area contributed by atoms with Crippen molar-refractivity contribution in [3.63, 3.8) is 0 Å². The molecule has 0 aliphatic carbocycles. The van der Waals surface area contributed by atoms with Crippen LogP contribution >= 0.6 is 23.2 Å². The Hall–Kier alpha value is -7.99. The van der Waals surface area contributed by atoms with Gasteiger partial charge in [0.2, 0.25) is 11.9 Å². The second-order valence-corrected chi connectivity index (χ2v) is 19.8. The summed E-state index contributed by atoms with van der Waals surface area (Å²) in [5.41, 5.74) is 18.0. The first-order chi connectivity index (χ1) is 34.4. The van der Waals surface area contributed by atoms with Crippen molar-refractivity contribution in [1.82, 2.24) is 38.7 Å². The molecule has 358 valence electrons. The van der Waals surface area contributed by atoms with E-state index in [-0.39, 0.29) is 33.8 Å². The minimum Gasteiger partial charge on any atom is -0.399 e. The quantitative estimate of drug-likeness (QED) is 0.0810. The maximum Gasteiger partial charge on any atom is 0.268 e. The number of hydrogen-bond acceptors (Lipinski definition) is 12. The molecule has 9 aromatic rings. The molecule has 2 atom stereocenters. The van der Waals surface area contributed by atoms with Crippen LogP contribution in [0.15, 0.2) is 157 Å². The van der Waals surface area contributed by atoms with E-state index in [1.54, 1.807) is 108 Å². The number of fused-ring (bicyclic) bond motifs is 2. The molecule has 0 radical (unpaired) electrons. The first kappa shape index (κ1) is 46.7. The fourth-order valence-electron chi connectivity index (χ4n) is 8.87. The van der Waals surface area contributed by atoms with Crippen LogP contribution in [0.2, 0.25) is 10.0 Å². The van der Waals surface area contributed by atoms with Gasteiger partial charge in [0, 0.05) is 101 Å². The van der Waals surface area contributed by atoms with Gasteiger partial charge in [-0.3, -0.25) is 9.59 Å². The number of nitrogens with zero attached hydrogens (tertiary/aromatic N) is 7. The predicted molar refractivity (Wildman–Crippen MR) is 279 cm³/mol. The average Bonchev–Trinajstić information content (AvgIpc) is 4.23. The molecule has 2 aliphatic heterocycles. The number of anilines is 4. The van der Waals surface area contributed by atoms with Gasteiger partial charge in [0.05, 0.1) is 44.2 Å². The van der Waals surface area contributed by atoms with E-state index in [0.29, 0.717) is 93.5 Å². The third-order valence-corrected chi connectivity index (χ3v) is 14.7. The topological polar surface area (TPSA) is 223 Å². The van der Waals surface area contributed by atoms with E-state index in [9.17, 15) is 18.0 Å². The molecule has 2 aliphatic rings. The van der Waals surface area contributed by atoms with Gasteiger partial charge < -0.3 is 36.9 Å². The highest BCUT2D eigenvalue weighted by Gasteiger charge is 2.30. The molecule has 0 bridgehead atoms. The zero-order chi connectivity index (χ0) is 49.2. The van der Waals surface area contributed by atoms with E-state index in [1.165, 1.54) is 10.2 Å². The smallest absolute Gasteiger partial charge is 0.268 e. The van der Waals surface area contributed by atoms with Gasteiger partial charge in [0.15, 0.2) is 0 Å². The lowest BCUT2D eigenvalue weighted by Crippen LogP contribution is -2.31. The van der Waals surface area contributed by atoms with Gasteiger partial charge >= 0.3 is 0 Å². The number of halogens is 2. The van der Waals surface area contributed by atoms with Gasteiger partial charge in [-0.2, -0.15) is 0 Å². The van der Waals surface area contributed by atoms with Gasteiger partial charge in [-0.05, 0) is 85.6 Å². The number of carbonyl (C=O) groups excluding carboxylic acids is 2. The third-order valence-electron chi connectivity index (χ3n) is 12.5. The summed E-state index contributed by atoms with van der Waals surface area (Å²) in [4.78, 5) is 50.7. The maximum absolute atomic E-state index is 13.5. The average molecular weight is 1010 g/mol. The van der Waals surface area contributed by atoms with Crippen LogP contribution in [-0.2, 0) is 10.0 Å². The zero-order valence-corrected chi connectivity index (χ0v) is 40.2. The Labute approximate surface area is 418 Å². The predicted octanol–water partition coefficient (Wildman–Crippen LogP) is 9.08. The van der Waals surface area contributed by atoms with Crippen LogP contribution in [0.4, 0.5) is 23.3 Å². The van der Waals surface area contributed by atoms with Crippen LogP contribution in [0, 0.1) is 0 Å². The SMILES string of the molecule is Nc1ccc(C(=O)N2CC[C@@H](Nc3ncc(Cl)c(-c4c[nH]c5ccccc45)n3)C2)cc1.Nc1ccc(C(=O)N2CC[C@@H](Nc3ncc(Cl)c(-c4cn(S(=O)(=O)c5ccccc5)c5ccccc45)n3)C2)cc1. The molecule has 16 nitrogen and oxygen atoms in total. The maximum atomic E-state index is 13.5. The van der Waals surface area contributed by atoms with E-state index >= 15 is 0 Å². The van der Waals surface area contributed by atoms with Crippen molar-refractivity contribution in [3.8, 4) is 22.5 Å². The number of H-pyrrole nitrogens is 1. The summed E-state index contributed by atoms with van der Waals surface area (Å²) in [5.74, 6) is 0.778. The molecule has 2 amide bonds. The molecule has 11 rings (SSSR count). The highest BCUT2D eigenvalue weighted by atomic mass is 35.5. The Bertz CT molecular complexity index is 3540. The van der Waals surface area contributed by atoms with Crippen LogP contribution < -0.4 is 22.1 Å². The molecule has 6 heterocycles. The molecule has 4 aromatic heterocycles. The number of rotatable bonds is 10. The van der Waals surface area contributed by atoms with Crippen LogP contribution in [-0.4, -0.2) is 97.2 Å². The molecule has 0 spiro atoms. The standard InChI is InChI=1S/C29H25ClN6O3S.C23H21ClN6O/c30-25-16-32-29(33-21-14-15-35(17-21)28(37)19-10-12-20(31)13-11-19)34-27(25)24-18-36(26-9-5-4-8-23(24)26)40(38,39)22-6-2-1-3-7-22;24-19-12-27-23(29-21(19)18-11-26-20-4-2-1-3-17(18)20)28-16-9-10-30(13-16)22(31)14-5-7-15(25)8-6-14/h1-13,16,18,21H,14-15,17,31H2,(H,32,33,34);1-8,11-12,16,26H,9-10,13,25H2,(H,27,28,29)/t21-;16-/m11/s1. The summed E-state index contributed by atoms with van der Waals surface area (Å²) in [6.45, 7) is 2.33. The van der Waals surface area contributed by atoms with Crippen molar-refractivity contribution < 1.29 is 18.0 Å². The first-order valence-corrected chi connectivity index (χ1v) is 24.9. The van der Waals surface area contributed by atoms with Crippen LogP contribution in [0.1, 0.15) is 33.6 Å². The molecule has 5 aromatic carbocycles. The highest BCUT2D eigenvalue weighted by molar-refractivity contribution is 7.90. The minimum atomic E-state index is -3.86. The number of carbonyl (C=O) groups is 2. The molecule has 7 N–H and O–H groups in total. The molecule has 2 saturated heterocycles. The van der Waals surface area contributed by atoms with Crippen molar-refractivity contribution in [2.24, 2.45) is 0 Å². The van der Waals surface area contributed by atoms with Gasteiger partial charge in [0.1, 0.15) is 0 Å². The summed E-state index contributed by atoms with van der Waals surface area (Å²) in [6, 6.07) is 37.4. The van der Waals surface area contributed by atoms with Crippen LogP contribution in [0.3, 0.4) is 0 Å². The third kappa shape index (κ3) is 9.79. The largest absolute Gasteiger partial charge is 0.399 e. The molecule has 71 heavy (non-hydrogen) atoms. The molecule has 2 fully saturated rings. The number of benzene rings is 5. The number of amides is 2. The van der Waals surface area contributed by atoms with Crippen LogP contribution in [0.5, 0.6) is 0 Å².